The zero-order valence-corrected chi connectivity index (χ0v) is 8.36. The smallest absolute Gasteiger partial charge is 0.417 e. The van der Waals surface area contributed by atoms with Crippen molar-refractivity contribution in [3.63, 3.8) is 0 Å². The minimum absolute atomic E-state index is 0.230. The quantitative estimate of drug-likeness (QED) is 0.826. The molecule has 0 amide bonds. The van der Waals surface area contributed by atoms with Crippen LogP contribution in [-0.2, 0) is 17.4 Å². The minimum Gasteiger partial charge on any atom is -0.481 e. The fraction of sp³-hybridized carbons (Fsp3) is 0.222. The summed E-state index contributed by atoms with van der Waals surface area (Å²) in [6.45, 7) is 0. The van der Waals surface area contributed by atoms with Crippen molar-refractivity contribution in [3.8, 4) is 0 Å². The van der Waals surface area contributed by atoms with Gasteiger partial charge in [-0.2, -0.15) is 13.2 Å². The lowest BCUT2D eigenvalue weighted by atomic mass is 10.1. The van der Waals surface area contributed by atoms with Crippen LogP contribution in [0.2, 0.25) is 5.02 Å². The molecule has 0 unspecified atom stereocenters. The van der Waals surface area contributed by atoms with Gasteiger partial charge in [0.2, 0.25) is 0 Å². The van der Waals surface area contributed by atoms with Gasteiger partial charge in [0.1, 0.15) is 5.82 Å². The second kappa shape index (κ2) is 4.29. The normalized spacial score (nSPS) is 11.6. The Hall–Kier alpha value is -1.30. The van der Waals surface area contributed by atoms with Crippen molar-refractivity contribution >= 4 is 17.6 Å². The van der Waals surface area contributed by atoms with Crippen LogP contribution in [0.5, 0.6) is 0 Å². The second-order valence-corrected chi connectivity index (χ2v) is 3.37. The first kappa shape index (κ1) is 12.8. The van der Waals surface area contributed by atoms with E-state index in [0.717, 1.165) is 0 Å². The first-order chi connectivity index (χ1) is 7.21. The van der Waals surface area contributed by atoms with E-state index >= 15 is 0 Å². The highest BCUT2D eigenvalue weighted by atomic mass is 35.5. The molecule has 1 N–H and O–H groups in total. The Kier molecular flexibility index (Phi) is 3.42. The average molecular weight is 257 g/mol. The molecule has 1 aromatic rings. The number of benzene rings is 1. The number of halogens is 5. The van der Waals surface area contributed by atoms with Gasteiger partial charge in [-0.05, 0) is 17.7 Å². The lowest BCUT2D eigenvalue weighted by molar-refractivity contribution is -0.138. The van der Waals surface area contributed by atoms with Crippen LogP contribution in [0.15, 0.2) is 12.1 Å². The number of carboxylic acid groups (broad SMARTS) is 1. The standard InChI is InChI=1S/C9H5ClF4O2/c10-8-4(2-7(15)16)1-5(11)3-6(8)9(12,13)14/h1,3H,2H2,(H,15,16). The molecule has 0 saturated carbocycles. The Balaban J connectivity index is 3.32. The molecule has 0 aliphatic heterocycles. The predicted octanol–water partition coefficient (Wildman–Crippen LogP) is 3.13. The Morgan fingerprint density at radius 2 is 1.94 bits per heavy atom. The second-order valence-electron chi connectivity index (χ2n) is 2.99. The van der Waals surface area contributed by atoms with Gasteiger partial charge in [-0.3, -0.25) is 4.79 Å². The molecule has 0 aromatic heterocycles. The maximum atomic E-state index is 12.8. The lowest BCUT2D eigenvalue weighted by Gasteiger charge is -2.11. The maximum absolute atomic E-state index is 12.8. The summed E-state index contributed by atoms with van der Waals surface area (Å²) < 4.78 is 49.9. The summed E-state index contributed by atoms with van der Waals surface area (Å²) in [6, 6.07) is 0.902. The average Bonchev–Trinajstić information content (AvgIpc) is 2.07. The molecule has 0 atom stereocenters. The molecule has 1 rings (SSSR count). The summed E-state index contributed by atoms with van der Waals surface area (Å²) in [5.41, 5.74) is -1.77. The van der Waals surface area contributed by atoms with E-state index in [4.69, 9.17) is 16.7 Å². The lowest BCUT2D eigenvalue weighted by Crippen LogP contribution is -2.10. The summed E-state index contributed by atoms with van der Waals surface area (Å²) in [5, 5.41) is 7.63. The Morgan fingerprint density at radius 1 is 1.38 bits per heavy atom. The number of carboxylic acids is 1. The summed E-state index contributed by atoms with van der Waals surface area (Å²) >= 11 is 5.36. The largest absolute Gasteiger partial charge is 0.481 e. The summed E-state index contributed by atoms with van der Waals surface area (Å²) in [7, 11) is 0. The van der Waals surface area contributed by atoms with Crippen molar-refractivity contribution in [2.45, 2.75) is 12.6 Å². The van der Waals surface area contributed by atoms with Gasteiger partial charge in [-0.15, -0.1) is 0 Å². The third-order valence-corrected chi connectivity index (χ3v) is 2.21. The molecule has 0 spiro atoms. The van der Waals surface area contributed by atoms with Crippen LogP contribution >= 0.6 is 11.6 Å². The molecule has 88 valence electrons. The zero-order chi connectivity index (χ0) is 12.5. The molecular weight excluding hydrogens is 252 g/mol. The van der Waals surface area contributed by atoms with Crippen molar-refractivity contribution in [2.24, 2.45) is 0 Å². The first-order valence-corrected chi connectivity index (χ1v) is 4.36. The van der Waals surface area contributed by atoms with Crippen molar-refractivity contribution in [2.75, 3.05) is 0 Å². The number of alkyl halides is 3. The first-order valence-electron chi connectivity index (χ1n) is 3.98. The number of hydrogen-bond acceptors (Lipinski definition) is 1. The van der Waals surface area contributed by atoms with E-state index in [1.54, 1.807) is 0 Å². The molecule has 0 radical (unpaired) electrons. The van der Waals surface area contributed by atoms with Gasteiger partial charge in [0.05, 0.1) is 17.0 Å². The molecule has 2 nitrogen and oxygen atoms in total. The van der Waals surface area contributed by atoms with Gasteiger partial charge < -0.3 is 5.11 Å². The van der Waals surface area contributed by atoms with Crippen molar-refractivity contribution in [3.05, 3.63) is 34.1 Å². The highest BCUT2D eigenvalue weighted by molar-refractivity contribution is 6.32. The molecule has 7 heteroatoms. The van der Waals surface area contributed by atoms with Gasteiger partial charge in [0.15, 0.2) is 0 Å². The number of carbonyl (C=O) groups is 1. The van der Waals surface area contributed by atoms with E-state index in [1.165, 1.54) is 0 Å². The fourth-order valence-corrected chi connectivity index (χ4v) is 1.43. The Morgan fingerprint density at radius 3 is 2.38 bits per heavy atom. The topological polar surface area (TPSA) is 37.3 Å². The van der Waals surface area contributed by atoms with Gasteiger partial charge in [0.25, 0.3) is 0 Å². The third-order valence-electron chi connectivity index (χ3n) is 1.76. The van der Waals surface area contributed by atoms with Crippen LogP contribution in [-0.4, -0.2) is 11.1 Å². The molecule has 0 saturated heterocycles. The minimum atomic E-state index is -4.81. The van der Waals surface area contributed by atoms with Gasteiger partial charge in [-0.1, -0.05) is 11.6 Å². The van der Waals surface area contributed by atoms with Crippen LogP contribution in [0.25, 0.3) is 0 Å². The molecule has 0 heterocycles. The van der Waals surface area contributed by atoms with Crippen molar-refractivity contribution < 1.29 is 27.5 Å². The van der Waals surface area contributed by atoms with E-state index in [-0.39, 0.29) is 6.07 Å². The summed E-state index contributed by atoms with van der Waals surface area (Å²) in [4.78, 5) is 10.3. The highest BCUT2D eigenvalue weighted by Crippen LogP contribution is 2.37. The van der Waals surface area contributed by atoms with Gasteiger partial charge in [-0.25, -0.2) is 4.39 Å². The SMILES string of the molecule is O=C(O)Cc1cc(F)cc(C(F)(F)F)c1Cl. The molecule has 0 bridgehead atoms. The number of rotatable bonds is 2. The van der Waals surface area contributed by atoms with Crippen LogP contribution in [0.4, 0.5) is 17.6 Å². The molecular formula is C9H5ClF4O2. The van der Waals surface area contributed by atoms with E-state index in [0.29, 0.717) is 6.07 Å². The van der Waals surface area contributed by atoms with Crippen molar-refractivity contribution in [1.29, 1.82) is 0 Å². The highest BCUT2D eigenvalue weighted by Gasteiger charge is 2.35. The van der Waals surface area contributed by atoms with Crippen LogP contribution in [0.1, 0.15) is 11.1 Å². The van der Waals surface area contributed by atoms with E-state index < -0.39 is 40.5 Å². The Bertz CT molecular complexity index is 428. The number of hydrogen-bond donors (Lipinski definition) is 1. The Labute approximate surface area is 92.4 Å². The molecule has 1 aromatic carbocycles. The zero-order valence-electron chi connectivity index (χ0n) is 7.61. The van der Waals surface area contributed by atoms with Gasteiger partial charge in [0, 0.05) is 0 Å². The molecule has 0 aliphatic carbocycles. The maximum Gasteiger partial charge on any atom is 0.417 e. The summed E-state index contributed by atoms with van der Waals surface area (Å²) in [5.74, 6) is -2.56. The van der Waals surface area contributed by atoms with Crippen LogP contribution < -0.4 is 0 Å². The number of aliphatic carboxylic acids is 1. The van der Waals surface area contributed by atoms with Crippen molar-refractivity contribution in [1.82, 2.24) is 0 Å². The van der Waals surface area contributed by atoms with Crippen LogP contribution in [0, 0.1) is 5.82 Å². The van der Waals surface area contributed by atoms with E-state index in [1.807, 2.05) is 0 Å². The van der Waals surface area contributed by atoms with E-state index in [9.17, 15) is 22.4 Å². The summed E-state index contributed by atoms with van der Waals surface area (Å²) in [6.07, 6.45) is -5.58. The molecule has 16 heavy (non-hydrogen) atoms. The fourth-order valence-electron chi connectivity index (χ4n) is 1.14. The van der Waals surface area contributed by atoms with Gasteiger partial charge >= 0.3 is 12.1 Å². The third kappa shape index (κ3) is 2.85. The molecule has 0 fully saturated rings. The predicted molar refractivity (Wildman–Crippen MR) is 47.8 cm³/mol. The van der Waals surface area contributed by atoms with E-state index in [2.05, 4.69) is 0 Å². The monoisotopic (exact) mass is 256 g/mol. The molecule has 0 aliphatic rings. The van der Waals surface area contributed by atoms with Crippen LogP contribution in [0.3, 0.4) is 0 Å².